The Morgan fingerprint density at radius 2 is 1.92 bits per heavy atom. The molecule has 0 radical (unpaired) electrons. The fourth-order valence-corrected chi connectivity index (χ4v) is 4.30. The maximum absolute atomic E-state index is 12.9. The standard InChI is InChI=1S/C20H24N4O2/c1-23-18(25)16-9-4-3-8-15(16)17(22-23)14-21-19(26)24-13-7-12-20(24)10-5-2-6-11-20/h3-4,7-9,12H,2,5-6,10-11,13-14H2,1H3,(H,21,26). The number of fused-ring (bicyclic) bond motifs is 1. The number of hydrogen-bond donors (Lipinski definition) is 1. The van der Waals surface area contributed by atoms with Crippen LogP contribution in [0.4, 0.5) is 4.79 Å². The molecule has 0 saturated heterocycles. The number of aromatic nitrogens is 2. The Bertz CT molecular complexity index is 925. The van der Waals surface area contributed by atoms with E-state index in [2.05, 4.69) is 22.6 Å². The van der Waals surface area contributed by atoms with E-state index in [4.69, 9.17) is 0 Å². The van der Waals surface area contributed by atoms with Crippen LogP contribution in [-0.4, -0.2) is 32.8 Å². The molecule has 2 aromatic rings. The second-order valence-electron chi connectivity index (χ2n) is 7.26. The van der Waals surface area contributed by atoms with Gasteiger partial charge in [0.05, 0.1) is 23.2 Å². The molecule has 26 heavy (non-hydrogen) atoms. The third-order valence-corrected chi connectivity index (χ3v) is 5.66. The molecule has 2 heterocycles. The first-order valence-electron chi connectivity index (χ1n) is 9.29. The first kappa shape index (κ1) is 16.8. The van der Waals surface area contributed by atoms with Crippen LogP contribution in [0.15, 0.2) is 41.2 Å². The van der Waals surface area contributed by atoms with Gasteiger partial charge in [0, 0.05) is 19.0 Å². The summed E-state index contributed by atoms with van der Waals surface area (Å²) in [5.41, 5.74) is 0.475. The van der Waals surface area contributed by atoms with Crippen LogP contribution in [0.1, 0.15) is 37.8 Å². The summed E-state index contributed by atoms with van der Waals surface area (Å²) in [7, 11) is 1.64. The molecule has 1 aliphatic carbocycles. The Morgan fingerprint density at radius 1 is 1.19 bits per heavy atom. The minimum Gasteiger partial charge on any atom is -0.332 e. The maximum atomic E-state index is 12.9. The van der Waals surface area contributed by atoms with Gasteiger partial charge in [-0.2, -0.15) is 5.10 Å². The molecule has 0 unspecified atom stereocenters. The van der Waals surface area contributed by atoms with Gasteiger partial charge in [-0.15, -0.1) is 0 Å². The normalized spacial score (nSPS) is 18.6. The lowest BCUT2D eigenvalue weighted by atomic mass is 9.81. The van der Waals surface area contributed by atoms with E-state index < -0.39 is 0 Å². The molecule has 6 nitrogen and oxygen atoms in total. The highest BCUT2D eigenvalue weighted by Crippen LogP contribution is 2.37. The van der Waals surface area contributed by atoms with Crippen LogP contribution in [0.3, 0.4) is 0 Å². The fraction of sp³-hybridized carbons (Fsp3) is 0.450. The topological polar surface area (TPSA) is 67.2 Å². The molecule has 1 N–H and O–H groups in total. The number of carbonyl (C=O) groups is 1. The quantitative estimate of drug-likeness (QED) is 0.845. The van der Waals surface area contributed by atoms with Crippen molar-refractivity contribution in [2.45, 2.75) is 44.2 Å². The van der Waals surface area contributed by atoms with Gasteiger partial charge in [-0.05, 0) is 18.9 Å². The van der Waals surface area contributed by atoms with Crippen LogP contribution in [0, 0.1) is 0 Å². The Balaban J connectivity index is 1.54. The summed E-state index contributed by atoms with van der Waals surface area (Å²) >= 11 is 0. The second-order valence-corrected chi connectivity index (χ2v) is 7.26. The molecule has 2 amide bonds. The molecule has 4 rings (SSSR count). The number of hydrogen-bond acceptors (Lipinski definition) is 3. The van der Waals surface area contributed by atoms with Gasteiger partial charge >= 0.3 is 6.03 Å². The third-order valence-electron chi connectivity index (χ3n) is 5.66. The van der Waals surface area contributed by atoms with Gasteiger partial charge in [-0.3, -0.25) is 4.79 Å². The summed E-state index contributed by atoms with van der Waals surface area (Å²) in [4.78, 5) is 27.0. The number of urea groups is 1. The molecular weight excluding hydrogens is 328 g/mol. The first-order valence-corrected chi connectivity index (χ1v) is 9.29. The van der Waals surface area contributed by atoms with Gasteiger partial charge < -0.3 is 10.2 Å². The van der Waals surface area contributed by atoms with Crippen LogP contribution >= 0.6 is 0 Å². The minimum absolute atomic E-state index is 0.0587. The SMILES string of the molecule is Cn1nc(CNC(=O)N2CC=CC23CCCCC3)c2ccccc2c1=O. The van der Waals surface area contributed by atoms with Crippen molar-refractivity contribution < 1.29 is 4.79 Å². The van der Waals surface area contributed by atoms with Gasteiger partial charge in [0.1, 0.15) is 0 Å². The first-order chi connectivity index (χ1) is 12.6. The van der Waals surface area contributed by atoms with Crippen LogP contribution in [0.5, 0.6) is 0 Å². The van der Waals surface area contributed by atoms with Gasteiger partial charge in [-0.1, -0.05) is 49.6 Å². The van der Waals surface area contributed by atoms with Crippen LogP contribution in [0.2, 0.25) is 0 Å². The summed E-state index contributed by atoms with van der Waals surface area (Å²) in [5, 5.41) is 8.80. The molecule has 0 atom stereocenters. The fourth-order valence-electron chi connectivity index (χ4n) is 4.30. The van der Waals surface area contributed by atoms with E-state index >= 15 is 0 Å². The number of rotatable bonds is 2. The number of aryl methyl sites for hydroxylation is 1. The summed E-state index contributed by atoms with van der Waals surface area (Å²) in [6.45, 7) is 0.966. The zero-order valence-electron chi connectivity index (χ0n) is 15.1. The molecule has 1 fully saturated rings. The summed E-state index contributed by atoms with van der Waals surface area (Å²) in [6, 6.07) is 7.35. The predicted octanol–water partition coefficient (Wildman–Crippen LogP) is 2.72. The molecule has 1 aromatic carbocycles. The average Bonchev–Trinajstić information content (AvgIpc) is 3.06. The van der Waals surface area contributed by atoms with Crippen LogP contribution in [0.25, 0.3) is 10.8 Å². The van der Waals surface area contributed by atoms with Crippen molar-refractivity contribution in [3.63, 3.8) is 0 Å². The highest BCUT2D eigenvalue weighted by molar-refractivity contribution is 5.84. The van der Waals surface area contributed by atoms with Crippen molar-refractivity contribution in [1.29, 1.82) is 0 Å². The highest BCUT2D eigenvalue weighted by atomic mass is 16.2. The molecule has 136 valence electrons. The van der Waals surface area contributed by atoms with Crippen LogP contribution in [-0.2, 0) is 13.6 Å². The maximum Gasteiger partial charge on any atom is 0.318 e. The molecular formula is C20H24N4O2. The molecule has 1 saturated carbocycles. The molecule has 2 aliphatic rings. The van der Waals surface area contributed by atoms with E-state index in [-0.39, 0.29) is 17.1 Å². The van der Waals surface area contributed by atoms with E-state index in [0.29, 0.717) is 24.2 Å². The minimum atomic E-state index is -0.124. The predicted molar refractivity (Wildman–Crippen MR) is 101 cm³/mol. The molecule has 6 heteroatoms. The Morgan fingerprint density at radius 3 is 2.69 bits per heavy atom. The average molecular weight is 352 g/mol. The van der Waals surface area contributed by atoms with Gasteiger partial charge in [0.25, 0.3) is 5.56 Å². The number of benzene rings is 1. The smallest absolute Gasteiger partial charge is 0.318 e. The number of amides is 2. The zero-order chi connectivity index (χ0) is 18.1. The van der Waals surface area contributed by atoms with Crippen molar-refractivity contribution in [2.24, 2.45) is 7.05 Å². The van der Waals surface area contributed by atoms with Crippen molar-refractivity contribution in [2.75, 3.05) is 6.54 Å². The van der Waals surface area contributed by atoms with Crippen LogP contribution < -0.4 is 10.9 Å². The van der Waals surface area contributed by atoms with Gasteiger partial charge in [0.15, 0.2) is 0 Å². The number of nitrogens with zero attached hydrogens (tertiary/aromatic N) is 3. The Hall–Kier alpha value is -2.63. The second kappa shape index (κ2) is 6.59. The van der Waals surface area contributed by atoms with E-state index in [0.717, 1.165) is 18.2 Å². The largest absolute Gasteiger partial charge is 0.332 e. The molecule has 1 spiro atoms. The van der Waals surface area contributed by atoms with Crippen molar-refractivity contribution in [3.8, 4) is 0 Å². The monoisotopic (exact) mass is 352 g/mol. The Kier molecular flexibility index (Phi) is 4.26. The van der Waals surface area contributed by atoms with Crippen molar-refractivity contribution >= 4 is 16.8 Å². The Labute approximate surface area is 152 Å². The van der Waals surface area contributed by atoms with E-state index in [1.165, 1.54) is 23.9 Å². The molecule has 1 aliphatic heterocycles. The highest BCUT2D eigenvalue weighted by Gasteiger charge is 2.40. The zero-order valence-corrected chi connectivity index (χ0v) is 15.1. The van der Waals surface area contributed by atoms with Gasteiger partial charge in [0.2, 0.25) is 0 Å². The molecule has 1 aromatic heterocycles. The molecule has 0 bridgehead atoms. The summed E-state index contributed by atoms with van der Waals surface area (Å²) in [5.74, 6) is 0. The lowest BCUT2D eigenvalue weighted by Gasteiger charge is -2.40. The number of nitrogens with one attached hydrogen (secondary N) is 1. The number of carbonyl (C=O) groups excluding carboxylic acids is 1. The van der Waals surface area contributed by atoms with E-state index in [1.807, 2.05) is 23.1 Å². The van der Waals surface area contributed by atoms with E-state index in [1.54, 1.807) is 13.1 Å². The summed E-state index contributed by atoms with van der Waals surface area (Å²) < 4.78 is 1.34. The lowest BCUT2D eigenvalue weighted by Crippen LogP contribution is -2.52. The lowest BCUT2D eigenvalue weighted by molar-refractivity contribution is 0.132. The third kappa shape index (κ3) is 2.79. The van der Waals surface area contributed by atoms with E-state index in [9.17, 15) is 9.59 Å². The summed E-state index contributed by atoms with van der Waals surface area (Å²) in [6.07, 6.45) is 9.98. The van der Waals surface area contributed by atoms with Crippen molar-refractivity contribution in [1.82, 2.24) is 20.0 Å². The van der Waals surface area contributed by atoms with Gasteiger partial charge in [-0.25, -0.2) is 9.48 Å². The van der Waals surface area contributed by atoms with Crippen molar-refractivity contribution in [3.05, 3.63) is 52.5 Å².